The number of nitrogens with zero attached hydrogens (tertiary/aromatic N) is 1. The number of benzene rings is 3. The van der Waals surface area contributed by atoms with Gasteiger partial charge in [0.15, 0.2) is 0 Å². The number of hydrogen-bond donors (Lipinski definition) is 1. The Bertz CT molecular complexity index is 1210. The molecule has 3 aromatic carbocycles. The zero-order valence-electron chi connectivity index (χ0n) is 18.7. The number of aliphatic hydroxyl groups excluding tert-OH is 1. The predicted octanol–water partition coefficient (Wildman–Crippen LogP) is 4.45. The van der Waals surface area contributed by atoms with E-state index in [0.717, 1.165) is 22.4 Å². The summed E-state index contributed by atoms with van der Waals surface area (Å²) in [5, 5.41) is 10.7. The smallest absolute Gasteiger partial charge is 0.261 e. The molecule has 4 rings (SSSR count). The highest BCUT2D eigenvalue weighted by Crippen LogP contribution is 2.25. The van der Waals surface area contributed by atoms with E-state index in [9.17, 15) is 14.7 Å². The van der Waals surface area contributed by atoms with Crippen LogP contribution in [-0.2, 0) is 0 Å². The molecule has 3 aromatic rings. The molecule has 1 atom stereocenters. The van der Waals surface area contributed by atoms with Gasteiger partial charge in [0.05, 0.1) is 17.2 Å². The van der Waals surface area contributed by atoms with Crippen molar-refractivity contribution in [3.63, 3.8) is 0 Å². The number of rotatable bonds is 6. The van der Waals surface area contributed by atoms with Crippen molar-refractivity contribution in [2.75, 3.05) is 13.2 Å². The Kier molecular flexibility index (Phi) is 6.58. The van der Waals surface area contributed by atoms with Gasteiger partial charge in [0.2, 0.25) is 0 Å². The molecular weight excluding hydrogens is 414 g/mol. The highest BCUT2D eigenvalue weighted by Gasteiger charge is 2.35. The highest BCUT2D eigenvalue weighted by molar-refractivity contribution is 6.21. The molecule has 0 saturated heterocycles. The Morgan fingerprint density at radius 1 is 0.909 bits per heavy atom. The number of aryl methyl sites for hydroxylation is 2. The molecular formula is C28H25NO4. The lowest BCUT2D eigenvalue weighted by atomic mass is 10.0. The molecule has 5 heteroatoms. The molecule has 0 aliphatic carbocycles. The average molecular weight is 440 g/mol. The van der Waals surface area contributed by atoms with E-state index >= 15 is 0 Å². The van der Waals surface area contributed by atoms with E-state index in [1.54, 1.807) is 24.3 Å². The zero-order chi connectivity index (χ0) is 23.4. The molecule has 0 saturated carbocycles. The van der Waals surface area contributed by atoms with E-state index < -0.39 is 6.10 Å². The van der Waals surface area contributed by atoms with Crippen LogP contribution in [0.3, 0.4) is 0 Å². The summed E-state index contributed by atoms with van der Waals surface area (Å²) < 4.78 is 5.82. The third-order valence-corrected chi connectivity index (χ3v) is 5.71. The van der Waals surface area contributed by atoms with E-state index in [4.69, 9.17) is 4.74 Å². The summed E-state index contributed by atoms with van der Waals surface area (Å²) in [6.07, 6.45) is -0.570. The summed E-state index contributed by atoms with van der Waals surface area (Å²) >= 11 is 0. The lowest BCUT2D eigenvalue weighted by Crippen LogP contribution is -2.31. The monoisotopic (exact) mass is 439 g/mol. The number of carbonyl (C=O) groups is 2. The van der Waals surface area contributed by atoms with Crippen molar-refractivity contribution in [2.24, 2.45) is 0 Å². The van der Waals surface area contributed by atoms with E-state index in [1.807, 2.05) is 56.3 Å². The van der Waals surface area contributed by atoms with Crippen LogP contribution in [0.5, 0.6) is 5.75 Å². The van der Waals surface area contributed by atoms with Crippen LogP contribution in [0.1, 0.15) is 55.5 Å². The molecule has 0 unspecified atom stereocenters. The van der Waals surface area contributed by atoms with Crippen molar-refractivity contribution >= 4 is 11.8 Å². The van der Waals surface area contributed by atoms with Crippen LogP contribution in [0.15, 0.2) is 66.7 Å². The Hall–Kier alpha value is -3.88. The lowest BCUT2D eigenvalue weighted by Gasteiger charge is -2.17. The maximum Gasteiger partial charge on any atom is 0.261 e. The van der Waals surface area contributed by atoms with Crippen molar-refractivity contribution in [1.29, 1.82) is 0 Å². The second-order valence-corrected chi connectivity index (χ2v) is 8.05. The highest BCUT2D eigenvalue weighted by atomic mass is 16.5. The number of amides is 2. The molecule has 166 valence electrons. The Balaban J connectivity index is 1.36. The van der Waals surface area contributed by atoms with Crippen LogP contribution in [0, 0.1) is 25.7 Å². The first-order chi connectivity index (χ1) is 16.0. The number of imide groups is 1. The lowest BCUT2D eigenvalue weighted by molar-refractivity contribution is 0.0622. The topological polar surface area (TPSA) is 66.8 Å². The third-order valence-electron chi connectivity index (χ3n) is 5.71. The molecule has 2 amide bonds. The van der Waals surface area contributed by atoms with Gasteiger partial charge in [-0.15, -0.1) is 0 Å². The van der Waals surface area contributed by atoms with Gasteiger partial charge in [0, 0.05) is 12.1 Å². The zero-order valence-corrected chi connectivity index (χ0v) is 18.7. The molecule has 1 heterocycles. The quantitative estimate of drug-likeness (QED) is 0.455. The predicted molar refractivity (Wildman–Crippen MR) is 126 cm³/mol. The van der Waals surface area contributed by atoms with Gasteiger partial charge >= 0.3 is 0 Å². The Morgan fingerprint density at radius 2 is 1.55 bits per heavy atom. The maximum absolute atomic E-state index is 12.5. The van der Waals surface area contributed by atoms with Crippen molar-refractivity contribution in [3.05, 3.63) is 100 Å². The van der Waals surface area contributed by atoms with Crippen LogP contribution in [0.4, 0.5) is 0 Å². The first-order valence-electron chi connectivity index (χ1n) is 10.9. The summed E-state index contributed by atoms with van der Waals surface area (Å²) in [6, 6.07) is 20.1. The molecule has 0 radical (unpaired) electrons. The molecule has 1 aliphatic rings. The third kappa shape index (κ3) is 4.82. The molecule has 0 aromatic heterocycles. The SMILES string of the molecule is Cc1cccc(C)c1OCC#Cc1cccc([C@H](O)CCN2C(=O)c3ccccc3C2=O)c1. The number of fused-ring (bicyclic) bond motifs is 1. The number of aliphatic hydroxyl groups is 1. The largest absolute Gasteiger partial charge is 0.480 e. The van der Waals surface area contributed by atoms with E-state index in [-0.39, 0.29) is 31.4 Å². The normalized spacial score (nSPS) is 13.4. The van der Waals surface area contributed by atoms with E-state index in [0.29, 0.717) is 16.7 Å². The summed E-state index contributed by atoms with van der Waals surface area (Å²) in [7, 11) is 0. The van der Waals surface area contributed by atoms with Gasteiger partial charge in [-0.2, -0.15) is 0 Å². The maximum atomic E-state index is 12.5. The van der Waals surface area contributed by atoms with Gasteiger partial charge in [-0.3, -0.25) is 14.5 Å². The minimum absolute atomic E-state index is 0.146. The molecule has 1 N–H and O–H groups in total. The van der Waals surface area contributed by atoms with Crippen molar-refractivity contribution in [2.45, 2.75) is 26.4 Å². The van der Waals surface area contributed by atoms with Gasteiger partial charge in [0.25, 0.3) is 11.8 Å². The second-order valence-electron chi connectivity index (χ2n) is 8.05. The van der Waals surface area contributed by atoms with Crippen molar-refractivity contribution in [3.8, 4) is 17.6 Å². The van der Waals surface area contributed by atoms with Gasteiger partial charge in [-0.1, -0.05) is 54.3 Å². The first kappa shape index (κ1) is 22.3. The van der Waals surface area contributed by atoms with Crippen molar-refractivity contribution in [1.82, 2.24) is 4.90 Å². The standard InChI is InChI=1S/C28H25NO4/c1-19-8-5-9-20(2)26(19)33-17-7-11-21-10-6-12-22(18-21)25(30)15-16-29-27(31)23-13-3-4-14-24(23)28(29)32/h3-6,8-10,12-14,18,25,30H,15-17H2,1-2H3/t25-/m1/s1. The molecule has 5 nitrogen and oxygen atoms in total. The van der Waals surface area contributed by atoms with Crippen LogP contribution < -0.4 is 4.74 Å². The number of ether oxygens (including phenoxy) is 1. The Labute approximate surface area is 193 Å². The molecule has 0 fully saturated rings. The summed E-state index contributed by atoms with van der Waals surface area (Å²) in [4.78, 5) is 26.2. The average Bonchev–Trinajstić information content (AvgIpc) is 3.06. The van der Waals surface area contributed by atoms with Crippen LogP contribution in [0.25, 0.3) is 0 Å². The van der Waals surface area contributed by atoms with Gasteiger partial charge in [-0.25, -0.2) is 0 Å². The number of carbonyl (C=O) groups excluding carboxylic acids is 2. The molecule has 0 bridgehead atoms. The summed E-state index contributed by atoms with van der Waals surface area (Å²) in [6.45, 7) is 4.41. The minimum Gasteiger partial charge on any atom is -0.480 e. The number of para-hydroxylation sites is 1. The molecule has 0 spiro atoms. The molecule has 1 aliphatic heterocycles. The minimum atomic E-state index is -0.818. The van der Waals surface area contributed by atoms with Crippen LogP contribution in [0.2, 0.25) is 0 Å². The van der Waals surface area contributed by atoms with Gasteiger partial charge in [-0.05, 0) is 61.2 Å². The summed E-state index contributed by atoms with van der Waals surface area (Å²) in [5.41, 5.74) is 4.42. The first-order valence-corrected chi connectivity index (χ1v) is 10.9. The van der Waals surface area contributed by atoms with Crippen LogP contribution >= 0.6 is 0 Å². The fourth-order valence-electron chi connectivity index (χ4n) is 3.96. The Morgan fingerprint density at radius 3 is 2.21 bits per heavy atom. The van der Waals surface area contributed by atoms with Gasteiger partial charge in [0.1, 0.15) is 12.4 Å². The fourth-order valence-corrected chi connectivity index (χ4v) is 3.96. The van der Waals surface area contributed by atoms with E-state index in [2.05, 4.69) is 11.8 Å². The fraction of sp³-hybridized carbons (Fsp3) is 0.214. The van der Waals surface area contributed by atoms with Crippen molar-refractivity contribution < 1.29 is 19.4 Å². The van der Waals surface area contributed by atoms with Gasteiger partial charge < -0.3 is 9.84 Å². The summed E-state index contributed by atoms with van der Waals surface area (Å²) in [5.74, 6) is 6.31. The second kappa shape index (κ2) is 9.72. The van der Waals surface area contributed by atoms with E-state index in [1.165, 1.54) is 4.90 Å². The molecule has 33 heavy (non-hydrogen) atoms. The number of hydrogen-bond acceptors (Lipinski definition) is 4. The van der Waals surface area contributed by atoms with Crippen LogP contribution in [-0.4, -0.2) is 35.0 Å².